The lowest BCUT2D eigenvalue weighted by atomic mass is 10.1. The molecule has 0 bridgehead atoms. The van der Waals surface area contributed by atoms with Gasteiger partial charge in [0.25, 0.3) is 0 Å². The summed E-state index contributed by atoms with van der Waals surface area (Å²) in [5.74, 6) is 0. The summed E-state index contributed by atoms with van der Waals surface area (Å²) in [5, 5.41) is 3.30. The van der Waals surface area contributed by atoms with Gasteiger partial charge in [-0.1, -0.05) is 26.0 Å². The molecule has 0 aliphatic carbocycles. The Balaban J connectivity index is 4.38. The summed E-state index contributed by atoms with van der Waals surface area (Å²) in [7, 11) is 4.11. The van der Waals surface area contributed by atoms with Gasteiger partial charge in [-0.2, -0.15) is 0 Å². The molecule has 3 N–H and O–H groups in total. The lowest BCUT2D eigenvalue weighted by molar-refractivity contribution is 0.226. The molecule has 0 saturated carbocycles. The molecule has 0 amide bonds. The first-order valence-corrected chi connectivity index (χ1v) is 6.07. The highest BCUT2D eigenvalue weighted by Crippen LogP contribution is 2.07. The lowest BCUT2D eigenvalue weighted by Crippen LogP contribution is -2.41. The van der Waals surface area contributed by atoms with E-state index >= 15 is 0 Å². The van der Waals surface area contributed by atoms with Crippen LogP contribution in [0.15, 0.2) is 23.4 Å². The van der Waals surface area contributed by atoms with Crippen LogP contribution in [0.5, 0.6) is 0 Å². The molecular formula is C13H27N3. The van der Waals surface area contributed by atoms with E-state index in [0.717, 1.165) is 25.1 Å². The van der Waals surface area contributed by atoms with Crippen molar-refractivity contribution in [3.05, 3.63) is 23.4 Å². The third-order valence-corrected chi connectivity index (χ3v) is 2.89. The second kappa shape index (κ2) is 8.36. The van der Waals surface area contributed by atoms with E-state index in [0.29, 0.717) is 6.17 Å². The molecule has 0 saturated heterocycles. The van der Waals surface area contributed by atoms with Gasteiger partial charge in [-0.05, 0) is 46.0 Å². The predicted molar refractivity (Wildman–Crippen MR) is 72.1 cm³/mol. The van der Waals surface area contributed by atoms with E-state index < -0.39 is 0 Å². The molecule has 0 heterocycles. The molecule has 0 radical (unpaired) electrons. The Kier molecular flexibility index (Phi) is 7.95. The van der Waals surface area contributed by atoms with Crippen molar-refractivity contribution in [1.29, 1.82) is 0 Å². The molecule has 0 aliphatic rings. The van der Waals surface area contributed by atoms with Crippen LogP contribution in [0.3, 0.4) is 0 Å². The van der Waals surface area contributed by atoms with Crippen LogP contribution in [-0.4, -0.2) is 31.7 Å². The molecule has 0 unspecified atom stereocenters. The van der Waals surface area contributed by atoms with Crippen LogP contribution in [0.4, 0.5) is 0 Å². The van der Waals surface area contributed by atoms with Gasteiger partial charge in [-0.3, -0.25) is 4.90 Å². The van der Waals surface area contributed by atoms with Crippen LogP contribution in [0.2, 0.25) is 0 Å². The zero-order valence-corrected chi connectivity index (χ0v) is 11.4. The molecule has 0 aromatic carbocycles. The third kappa shape index (κ3) is 5.33. The number of nitrogens with two attached hydrogens (primary N) is 1. The zero-order chi connectivity index (χ0) is 12.6. The molecule has 0 aromatic heterocycles. The van der Waals surface area contributed by atoms with Crippen LogP contribution >= 0.6 is 0 Å². The molecule has 16 heavy (non-hydrogen) atoms. The molecule has 0 aliphatic heterocycles. The number of hydrogen-bond acceptors (Lipinski definition) is 3. The maximum Gasteiger partial charge on any atom is 0.0627 e. The van der Waals surface area contributed by atoms with Gasteiger partial charge in [0.2, 0.25) is 0 Å². The van der Waals surface area contributed by atoms with Crippen molar-refractivity contribution < 1.29 is 0 Å². The fourth-order valence-corrected chi connectivity index (χ4v) is 1.53. The van der Waals surface area contributed by atoms with Crippen molar-refractivity contribution in [3.8, 4) is 0 Å². The van der Waals surface area contributed by atoms with E-state index in [4.69, 9.17) is 5.73 Å². The summed E-state index contributed by atoms with van der Waals surface area (Å²) in [5.41, 5.74) is 8.00. The van der Waals surface area contributed by atoms with Gasteiger partial charge in [-0.25, -0.2) is 0 Å². The molecule has 0 aromatic rings. The van der Waals surface area contributed by atoms with Crippen molar-refractivity contribution in [2.45, 2.75) is 39.8 Å². The van der Waals surface area contributed by atoms with E-state index in [9.17, 15) is 0 Å². The normalized spacial score (nSPS) is 15.6. The number of nitrogens with one attached hydrogen (secondary N) is 1. The second-order valence-corrected chi connectivity index (χ2v) is 4.07. The Morgan fingerprint density at radius 3 is 2.44 bits per heavy atom. The second-order valence-electron chi connectivity index (χ2n) is 4.07. The fourth-order valence-electron chi connectivity index (χ4n) is 1.53. The highest BCUT2D eigenvalue weighted by molar-refractivity contribution is 5.25. The predicted octanol–water partition coefficient (Wildman–Crippen LogP) is 2.07. The van der Waals surface area contributed by atoms with Crippen molar-refractivity contribution in [2.75, 3.05) is 20.6 Å². The third-order valence-electron chi connectivity index (χ3n) is 2.89. The molecule has 94 valence electrons. The first-order chi connectivity index (χ1) is 7.56. The molecule has 3 nitrogen and oxygen atoms in total. The van der Waals surface area contributed by atoms with Gasteiger partial charge in [0.15, 0.2) is 0 Å². The van der Waals surface area contributed by atoms with Crippen LogP contribution in [-0.2, 0) is 0 Å². The van der Waals surface area contributed by atoms with E-state index in [1.165, 1.54) is 5.57 Å². The Morgan fingerprint density at radius 1 is 1.38 bits per heavy atom. The SMILES string of the molecule is CC/C=C(N)\C(C)=C/C[C@@H](NC)N(C)CC. The Hall–Kier alpha value is -0.800. The van der Waals surface area contributed by atoms with Gasteiger partial charge in [0.05, 0.1) is 6.17 Å². The van der Waals surface area contributed by atoms with E-state index in [2.05, 4.69) is 50.2 Å². The van der Waals surface area contributed by atoms with Crippen LogP contribution in [0, 0.1) is 0 Å². The van der Waals surface area contributed by atoms with Crippen LogP contribution in [0.1, 0.15) is 33.6 Å². The van der Waals surface area contributed by atoms with Crippen LogP contribution < -0.4 is 11.1 Å². The van der Waals surface area contributed by atoms with Gasteiger partial charge in [-0.15, -0.1) is 0 Å². The minimum absolute atomic E-state index is 0.384. The smallest absolute Gasteiger partial charge is 0.0627 e. The van der Waals surface area contributed by atoms with Gasteiger partial charge in [0.1, 0.15) is 0 Å². The first-order valence-electron chi connectivity index (χ1n) is 6.07. The van der Waals surface area contributed by atoms with E-state index in [-0.39, 0.29) is 0 Å². The highest BCUT2D eigenvalue weighted by Gasteiger charge is 2.08. The van der Waals surface area contributed by atoms with Gasteiger partial charge >= 0.3 is 0 Å². The molecule has 0 rings (SSSR count). The molecule has 3 heteroatoms. The summed E-state index contributed by atoms with van der Waals surface area (Å²) in [6.07, 6.45) is 6.61. The van der Waals surface area contributed by atoms with Crippen molar-refractivity contribution in [3.63, 3.8) is 0 Å². The Bertz CT molecular complexity index is 244. The van der Waals surface area contributed by atoms with Gasteiger partial charge in [0, 0.05) is 5.70 Å². The van der Waals surface area contributed by atoms with Crippen molar-refractivity contribution in [2.24, 2.45) is 5.73 Å². The van der Waals surface area contributed by atoms with Crippen LogP contribution in [0.25, 0.3) is 0 Å². The number of hydrogen-bond donors (Lipinski definition) is 2. The number of allylic oxidation sites excluding steroid dienone is 2. The molecule has 0 spiro atoms. The quantitative estimate of drug-likeness (QED) is 0.515. The first kappa shape index (κ1) is 15.2. The largest absolute Gasteiger partial charge is 0.399 e. The fraction of sp³-hybridized carbons (Fsp3) is 0.692. The summed E-state index contributed by atoms with van der Waals surface area (Å²) in [6, 6.07) is 0. The maximum absolute atomic E-state index is 5.92. The minimum atomic E-state index is 0.384. The molecule has 0 fully saturated rings. The average Bonchev–Trinajstić information content (AvgIpc) is 2.29. The highest BCUT2D eigenvalue weighted by atomic mass is 15.2. The standard InChI is InChI=1S/C13H27N3/c1-6-8-12(14)11(3)9-10-13(15-4)16(5)7-2/h8-9,13,15H,6-7,10,14H2,1-5H3/b11-9-,12-8+/t13-/m0/s1. The Morgan fingerprint density at radius 2 is 2.00 bits per heavy atom. The monoisotopic (exact) mass is 225 g/mol. The Labute approximate surface area is 100 Å². The molecular weight excluding hydrogens is 198 g/mol. The van der Waals surface area contributed by atoms with Gasteiger partial charge < -0.3 is 11.1 Å². The summed E-state index contributed by atoms with van der Waals surface area (Å²) in [6.45, 7) is 7.37. The average molecular weight is 225 g/mol. The lowest BCUT2D eigenvalue weighted by Gasteiger charge is -2.25. The van der Waals surface area contributed by atoms with E-state index in [1.54, 1.807) is 0 Å². The number of nitrogens with zero attached hydrogens (tertiary/aromatic N) is 1. The van der Waals surface area contributed by atoms with Crippen molar-refractivity contribution >= 4 is 0 Å². The molecule has 1 atom stereocenters. The summed E-state index contributed by atoms with van der Waals surface area (Å²) >= 11 is 0. The van der Waals surface area contributed by atoms with Crippen molar-refractivity contribution in [1.82, 2.24) is 10.2 Å². The van der Waals surface area contributed by atoms with E-state index in [1.807, 2.05) is 7.05 Å². The summed E-state index contributed by atoms with van der Waals surface area (Å²) in [4.78, 5) is 2.28. The topological polar surface area (TPSA) is 41.3 Å². The maximum atomic E-state index is 5.92. The summed E-state index contributed by atoms with van der Waals surface area (Å²) < 4.78 is 0. The minimum Gasteiger partial charge on any atom is -0.399 e. The number of rotatable bonds is 7. The zero-order valence-electron chi connectivity index (χ0n) is 11.4.